The molecule has 1 unspecified atom stereocenters. The number of hydrogen-bond donors (Lipinski definition) is 3. The summed E-state index contributed by atoms with van der Waals surface area (Å²) in [6.45, 7) is 11.7. The standard InChI is InChI=1S/C33H48N2O2/c1-6-11-24(35-29-16-10-17-30(36)31(29)37)12-7-8-13-25-14-9-15-28(34-25)23-18-19-26-27(22-23)33(4,5)21-20-32(26,2)3/h8-9,13-15,18-19,22,24,29-31,35-37H,6-7,10-12,16-17,20-21H2,1-5H3/b13-8+/t24?,29-,30-,31+/m1/s1. The van der Waals surface area contributed by atoms with Crippen LogP contribution in [0.15, 0.2) is 42.5 Å². The summed E-state index contributed by atoms with van der Waals surface area (Å²) in [4.78, 5) is 4.98. The number of allylic oxidation sites excluding steroid dienone is 1. The van der Waals surface area contributed by atoms with Crippen molar-refractivity contribution in [3.05, 3.63) is 59.3 Å². The number of aromatic nitrogens is 1. The Hall–Kier alpha value is -2.01. The summed E-state index contributed by atoms with van der Waals surface area (Å²) >= 11 is 0. The van der Waals surface area contributed by atoms with Crippen LogP contribution in [0.2, 0.25) is 0 Å². The Balaban J connectivity index is 1.41. The lowest BCUT2D eigenvalue weighted by Gasteiger charge is -2.42. The molecule has 2 aliphatic carbocycles. The predicted octanol–water partition coefficient (Wildman–Crippen LogP) is 6.92. The molecule has 37 heavy (non-hydrogen) atoms. The molecule has 4 rings (SSSR count). The molecule has 0 amide bonds. The van der Waals surface area contributed by atoms with Gasteiger partial charge in [0, 0.05) is 17.6 Å². The van der Waals surface area contributed by atoms with Crippen molar-refractivity contribution >= 4 is 6.08 Å². The number of nitrogens with zero attached hydrogens (tertiary/aromatic N) is 1. The van der Waals surface area contributed by atoms with Gasteiger partial charge >= 0.3 is 0 Å². The molecule has 202 valence electrons. The minimum absolute atomic E-state index is 0.00482. The van der Waals surface area contributed by atoms with E-state index < -0.39 is 12.2 Å². The van der Waals surface area contributed by atoms with E-state index in [-0.39, 0.29) is 16.9 Å². The molecular weight excluding hydrogens is 456 g/mol. The minimum atomic E-state index is -0.657. The lowest BCUT2D eigenvalue weighted by atomic mass is 9.63. The van der Waals surface area contributed by atoms with Crippen LogP contribution in [-0.2, 0) is 10.8 Å². The normalized spacial score (nSPS) is 25.6. The molecule has 0 saturated heterocycles. The van der Waals surface area contributed by atoms with Gasteiger partial charge < -0.3 is 15.5 Å². The number of hydrogen-bond acceptors (Lipinski definition) is 4. The zero-order valence-corrected chi connectivity index (χ0v) is 23.6. The molecule has 2 aromatic rings. The number of rotatable bonds is 9. The van der Waals surface area contributed by atoms with Crippen molar-refractivity contribution in [3.63, 3.8) is 0 Å². The highest BCUT2D eigenvalue weighted by Crippen LogP contribution is 2.46. The Morgan fingerprint density at radius 1 is 1.00 bits per heavy atom. The number of pyridine rings is 1. The number of aliphatic hydroxyl groups is 2. The zero-order chi connectivity index (χ0) is 26.6. The fraction of sp³-hybridized carbons (Fsp3) is 0.606. The van der Waals surface area contributed by atoms with E-state index in [2.05, 4.69) is 88.5 Å². The molecule has 1 fully saturated rings. The number of fused-ring (bicyclic) bond motifs is 1. The molecule has 0 aliphatic heterocycles. The van der Waals surface area contributed by atoms with Gasteiger partial charge in [-0.1, -0.05) is 65.3 Å². The Kier molecular flexibility index (Phi) is 8.93. The SMILES string of the molecule is CCCC(CC/C=C/c1cccc(-c2ccc3c(c2)C(C)(C)CCC3(C)C)n1)N[C@@H]1CCC[C@@H](O)[C@H]1O. The maximum Gasteiger partial charge on any atom is 0.0951 e. The lowest BCUT2D eigenvalue weighted by molar-refractivity contribution is -0.0322. The highest BCUT2D eigenvalue weighted by atomic mass is 16.3. The molecule has 3 N–H and O–H groups in total. The van der Waals surface area contributed by atoms with Crippen molar-refractivity contribution in [1.29, 1.82) is 0 Å². The van der Waals surface area contributed by atoms with Gasteiger partial charge in [0.05, 0.1) is 23.6 Å². The maximum atomic E-state index is 10.4. The second-order valence-corrected chi connectivity index (χ2v) is 12.7. The van der Waals surface area contributed by atoms with E-state index in [4.69, 9.17) is 4.98 Å². The molecule has 1 aromatic carbocycles. The average molecular weight is 505 g/mol. The van der Waals surface area contributed by atoms with Crippen molar-refractivity contribution in [3.8, 4) is 11.3 Å². The van der Waals surface area contributed by atoms with Gasteiger partial charge in [0.2, 0.25) is 0 Å². The average Bonchev–Trinajstić information content (AvgIpc) is 2.87. The van der Waals surface area contributed by atoms with E-state index in [1.807, 2.05) is 0 Å². The van der Waals surface area contributed by atoms with E-state index in [9.17, 15) is 10.2 Å². The van der Waals surface area contributed by atoms with E-state index >= 15 is 0 Å². The fourth-order valence-corrected chi connectivity index (χ4v) is 6.26. The minimum Gasteiger partial charge on any atom is -0.390 e. The highest BCUT2D eigenvalue weighted by Gasteiger charge is 2.37. The molecule has 4 nitrogen and oxygen atoms in total. The fourth-order valence-electron chi connectivity index (χ4n) is 6.26. The van der Waals surface area contributed by atoms with Gasteiger partial charge in [0.15, 0.2) is 0 Å². The van der Waals surface area contributed by atoms with Crippen LogP contribution in [0, 0.1) is 0 Å². The van der Waals surface area contributed by atoms with Crippen molar-refractivity contribution < 1.29 is 10.2 Å². The summed E-state index contributed by atoms with van der Waals surface area (Å²) in [6, 6.07) is 13.6. The molecule has 0 bridgehead atoms. The summed E-state index contributed by atoms with van der Waals surface area (Å²) in [5.74, 6) is 0. The van der Waals surface area contributed by atoms with Gasteiger partial charge in [-0.15, -0.1) is 0 Å². The first-order valence-electron chi connectivity index (χ1n) is 14.5. The van der Waals surface area contributed by atoms with E-state index in [0.29, 0.717) is 12.5 Å². The molecule has 2 aliphatic rings. The van der Waals surface area contributed by atoms with E-state index in [0.717, 1.165) is 49.9 Å². The van der Waals surface area contributed by atoms with Crippen LogP contribution < -0.4 is 5.32 Å². The van der Waals surface area contributed by atoms with Gasteiger partial charge in [-0.2, -0.15) is 0 Å². The summed E-state index contributed by atoms with van der Waals surface area (Å²) in [5, 5.41) is 24.1. The predicted molar refractivity (Wildman–Crippen MR) is 155 cm³/mol. The second kappa shape index (κ2) is 11.8. The summed E-state index contributed by atoms with van der Waals surface area (Å²) < 4.78 is 0. The Bertz CT molecular complexity index is 1070. The third-order valence-electron chi connectivity index (χ3n) is 8.80. The Labute approximate surface area is 224 Å². The number of benzene rings is 1. The van der Waals surface area contributed by atoms with Crippen molar-refractivity contribution in [2.75, 3.05) is 0 Å². The van der Waals surface area contributed by atoms with Crippen molar-refractivity contribution in [2.45, 2.75) is 128 Å². The molecule has 1 aromatic heterocycles. The molecule has 1 saturated carbocycles. The lowest BCUT2D eigenvalue weighted by Crippen LogP contribution is -2.52. The van der Waals surface area contributed by atoms with Gasteiger partial charge in [0.25, 0.3) is 0 Å². The van der Waals surface area contributed by atoms with Gasteiger partial charge in [-0.3, -0.25) is 0 Å². The number of aliphatic hydroxyl groups excluding tert-OH is 2. The Morgan fingerprint density at radius 2 is 1.76 bits per heavy atom. The zero-order valence-electron chi connectivity index (χ0n) is 23.6. The summed E-state index contributed by atoms with van der Waals surface area (Å²) in [5.41, 5.74) is 6.57. The Morgan fingerprint density at radius 3 is 2.51 bits per heavy atom. The first-order valence-corrected chi connectivity index (χ1v) is 14.5. The van der Waals surface area contributed by atoms with Crippen LogP contribution in [0.5, 0.6) is 0 Å². The molecule has 0 radical (unpaired) electrons. The quantitative estimate of drug-likeness (QED) is 0.347. The topological polar surface area (TPSA) is 65.4 Å². The largest absolute Gasteiger partial charge is 0.390 e. The van der Waals surface area contributed by atoms with Crippen LogP contribution >= 0.6 is 0 Å². The van der Waals surface area contributed by atoms with Crippen LogP contribution in [0.3, 0.4) is 0 Å². The number of nitrogens with one attached hydrogen (secondary N) is 1. The molecular formula is C33H48N2O2. The monoisotopic (exact) mass is 504 g/mol. The van der Waals surface area contributed by atoms with Crippen molar-refractivity contribution in [1.82, 2.24) is 10.3 Å². The van der Waals surface area contributed by atoms with Crippen molar-refractivity contribution in [2.24, 2.45) is 0 Å². The third kappa shape index (κ3) is 6.71. The smallest absolute Gasteiger partial charge is 0.0951 e. The van der Waals surface area contributed by atoms with Crippen LogP contribution in [0.25, 0.3) is 17.3 Å². The molecule has 0 spiro atoms. The van der Waals surface area contributed by atoms with Gasteiger partial charge in [-0.05, 0) is 97.6 Å². The van der Waals surface area contributed by atoms with Crippen LogP contribution in [0.1, 0.15) is 109 Å². The highest BCUT2D eigenvalue weighted by molar-refractivity contribution is 5.64. The van der Waals surface area contributed by atoms with Crippen LogP contribution in [0.4, 0.5) is 0 Å². The molecule has 4 heteroatoms. The summed E-state index contributed by atoms with van der Waals surface area (Å²) in [7, 11) is 0. The maximum absolute atomic E-state index is 10.4. The summed E-state index contributed by atoms with van der Waals surface area (Å²) in [6.07, 6.45) is 12.3. The first-order chi connectivity index (χ1) is 17.6. The van der Waals surface area contributed by atoms with E-state index in [1.165, 1.54) is 29.5 Å². The third-order valence-corrected chi connectivity index (χ3v) is 8.80. The van der Waals surface area contributed by atoms with Gasteiger partial charge in [-0.25, -0.2) is 4.98 Å². The van der Waals surface area contributed by atoms with Crippen LogP contribution in [-0.4, -0.2) is 39.5 Å². The first kappa shape index (κ1) is 28.0. The van der Waals surface area contributed by atoms with Gasteiger partial charge in [0.1, 0.15) is 0 Å². The van der Waals surface area contributed by atoms with E-state index in [1.54, 1.807) is 0 Å². The second-order valence-electron chi connectivity index (χ2n) is 12.7. The molecule has 1 heterocycles. The molecule has 4 atom stereocenters.